The van der Waals surface area contributed by atoms with Gasteiger partial charge in [0.25, 0.3) is 0 Å². The standard InChI is InChI=1S/C19H19N3O2/c1-3-22(17-6-4-5-14(2)11-17)19(24)12-18(23)21-16-9-7-15(13-20)8-10-16/h4-11H,3,12H2,1-2H3,(H,21,23). The lowest BCUT2D eigenvalue weighted by Crippen LogP contribution is -2.33. The Morgan fingerprint density at radius 3 is 2.46 bits per heavy atom. The van der Waals surface area contributed by atoms with Crippen LogP contribution in [0.15, 0.2) is 48.5 Å². The maximum atomic E-state index is 12.4. The molecular formula is C19H19N3O2. The van der Waals surface area contributed by atoms with Gasteiger partial charge >= 0.3 is 0 Å². The van der Waals surface area contributed by atoms with Gasteiger partial charge in [0.1, 0.15) is 6.42 Å². The molecule has 5 nitrogen and oxygen atoms in total. The number of aryl methyl sites for hydroxylation is 1. The highest BCUT2D eigenvalue weighted by Gasteiger charge is 2.17. The van der Waals surface area contributed by atoms with Crippen LogP contribution in [0.3, 0.4) is 0 Å². The van der Waals surface area contributed by atoms with Crippen molar-refractivity contribution in [2.75, 3.05) is 16.8 Å². The summed E-state index contributed by atoms with van der Waals surface area (Å²) in [5, 5.41) is 11.4. The van der Waals surface area contributed by atoms with E-state index in [1.807, 2.05) is 44.2 Å². The van der Waals surface area contributed by atoms with Crippen LogP contribution in [0.2, 0.25) is 0 Å². The van der Waals surface area contributed by atoms with Gasteiger partial charge in [-0.25, -0.2) is 0 Å². The molecule has 2 aromatic carbocycles. The van der Waals surface area contributed by atoms with Crippen molar-refractivity contribution < 1.29 is 9.59 Å². The second kappa shape index (κ2) is 7.93. The Labute approximate surface area is 141 Å². The van der Waals surface area contributed by atoms with Crippen molar-refractivity contribution in [1.29, 1.82) is 5.26 Å². The average Bonchev–Trinajstić information content (AvgIpc) is 2.56. The summed E-state index contributed by atoms with van der Waals surface area (Å²) >= 11 is 0. The van der Waals surface area contributed by atoms with Crippen LogP contribution in [0.25, 0.3) is 0 Å². The number of hydrogen-bond donors (Lipinski definition) is 1. The molecule has 0 saturated heterocycles. The third kappa shape index (κ3) is 4.43. The zero-order valence-electron chi connectivity index (χ0n) is 13.7. The number of amides is 2. The molecule has 0 unspecified atom stereocenters. The van der Waals surface area contributed by atoms with Crippen molar-refractivity contribution in [3.8, 4) is 6.07 Å². The monoisotopic (exact) mass is 321 g/mol. The number of hydrogen-bond acceptors (Lipinski definition) is 3. The van der Waals surface area contributed by atoms with Gasteiger partial charge in [0.2, 0.25) is 11.8 Å². The SMILES string of the molecule is CCN(C(=O)CC(=O)Nc1ccc(C#N)cc1)c1cccc(C)c1. The average molecular weight is 321 g/mol. The molecule has 0 heterocycles. The number of anilines is 2. The van der Waals surface area contributed by atoms with E-state index >= 15 is 0 Å². The lowest BCUT2D eigenvalue weighted by Gasteiger charge is -2.21. The van der Waals surface area contributed by atoms with E-state index in [4.69, 9.17) is 5.26 Å². The molecule has 0 fully saturated rings. The van der Waals surface area contributed by atoms with Gasteiger partial charge in [0, 0.05) is 17.9 Å². The second-order valence-corrected chi connectivity index (χ2v) is 5.39. The van der Waals surface area contributed by atoms with Gasteiger partial charge in [-0.05, 0) is 55.8 Å². The number of carbonyl (C=O) groups is 2. The number of benzene rings is 2. The van der Waals surface area contributed by atoms with Crippen molar-refractivity contribution in [2.45, 2.75) is 20.3 Å². The highest BCUT2D eigenvalue weighted by molar-refractivity contribution is 6.09. The van der Waals surface area contributed by atoms with E-state index in [1.165, 1.54) is 0 Å². The predicted molar refractivity (Wildman–Crippen MR) is 93.6 cm³/mol. The molecule has 0 saturated carbocycles. The number of nitrogens with zero attached hydrogens (tertiary/aromatic N) is 2. The summed E-state index contributed by atoms with van der Waals surface area (Å²) in [6.45, 7) is 4.32. The van der Waals surface area contributed by atoms with Gasteiger partial charge in [0.05, 0.1) is 11.6 Å². The zero-order valence-corrected chi connectivity index (χ0v) is 13.7. The molecule has 2 rings (SSSR count). The van der Waals surface area contributed by atoms with Crippen LogP contribution in [0.1, 0.15) is 24.5 Å². The largest absolute Gasteiger partial charge is 0.326 e. The number of rotatable bonds is 5. The second-order valence-electron chi connectivity index (χ2n) is 5.39. The number of carbonyl (C=O) groups excluding carboxylic acids is 2. The molecule has 0 radical (unpaired) electrons. The van der Waals surface area contributed by atoms with Crippen molar-refractivity contribution in [3.05, 3.63) is 59.7 Å². The summed E-state index contributed by atoms with van der Waals surface area (Å²) in [6, 6.07) is 16.1. The summed E-state index contributed by atoms with van der Waals surface area (Å²) in [4.78, 5) is 26.1. The molecule has 0 atom stereocenters. The first-order valence-electron chi connectivity index (χ1n) is 7.70. The summed E-state index contributed by atoms with van der Waals surface area (Å²) in [7, 11) is 0. The molecule has 0 aliphatic rings. The van der Waals surface area contributed by atoms with Crippen LogP contribution in [0.5, 0.6) is 0 Å². The van der Waals surface area contributed by atoms with Gasteiger partial charge in [-0.2, -0.15) is 5.26 Å². The molecule has 0 aliphatic carbocycles. The Morgan fingerprint density at radius 2 is 1.88 bits per heavy atom. The summed E-state index contributed by atoms with van der Waals surface area (Å²) in [5.41, 5.74) is 2.92. The van der Waals surface area contributed by atoms with E-state index in [2.05, 4.69) is 5.32 Å². The van der Waals surface area contributed by atoms with Gasteiger partial charge in [-0.1, -0.05) is 12.1 Å². The molecule has 0 aromatic heterocycles. The maximum Gasteiger partial charge on any atom is 0.236 e. The maximum absolute atomic E-state index is 12.4. The molecular weight excluding hydrogens is 302 g/mol. The van der Waals surface area contributed by atoms with Crippen molar-refractivity contribution >= 4 is 23.2 Å². The van der Waals surface area contributed by atoms with E-state index in [9.17, 15) is 9.59 Å². The Bertz CT molecular complexity index is 776. The Morgan fingerprint density at radius 1 is 1.17 bits per heavy atom. The van der Waals surface area contributed by atoms with Gasteiger partial charge in [-0.15, -0.1) is 0 Å². The van der Waals surface area contributed by atoms with Gasteiger partial charge in [0.15, 0.2) is 0 Å². The van der Waals surface area contributed by atoms with Crippen LogP contribution in [-0.4, -0.2) is 18.4 Å². The minimum Gasteiger partial charge on any atom is -0.326 e. The molecule has 5 heteroatoms. The topological polar surface area (TPSA) is 73.2 Å². The quantitative estimate of drug-likeness (QED) is 0.859. The minimum atomic E-state index is -0.379. The summed E-state index contributed by atoms with van der Waals surface area (Å²) in [5.74, 6) is -0.634. The molecule has 1 N–H and O–H groups in total. The van der Waals surface area contributed by atoms with Crippen molar-refractivity contribution in [2.24, 2.45) is 0 Å². The van der Waals surface area contributed by atoms with Crippen LogP contribution in [-0.2, 0) is 9.59 Å². The van der Waals surface area contributed by atoms with E-state index in [1.54, 1.807) is 29.2 Å². The van der Waals surface area contributed by atoms with Gasteiger partial charge < -0.3 is 10.2 Å². The first-order chi connectivity index (χ1) is 11.5. The number of nitrogens with one attached hydrogen (secondary N) is 1. The van der Waals surface area contributed by atoms with Crippen LogP contribution in [0, 0.1) is 18.3 Å². The summed E-state index contributed by atoms with van der Waals surface area (Å²) in [6.07, 6.45) is -0.234. The fourth-order valence-electron chi connectivity index (χ4n) is 2.36. The normalized spacial score (nSPS) is 9.88. The third-order valence-electron chi connectivity index (χ3n) is 3.54. The zero-order chi connectivity index (χ0) is 17.5. The van der Waals surface area contributed by atoms with E-state index in [-0.39, 0.29) is 18.2 Å². The molecule has 0 aliphatic heterocycles. The smallest absolute Gasteiger partial charge is 0.236 e. The molecule has 24 heavy (non-hydrogen) atoms. The predicted octanol–water partition coefficient (Wildman–Crippen LogP) is 3.25. The van der Waals surface area contributed by atoms with Crippen LogP contribution < -0.4 is 10.2 Å². The highest BCUT2D eigenvalue weighted by atomic mass is 16.2. The van der Waals surface area contributed by atoms with Gasteiger partial charge in [-0.3, -0.25) is 9.59 Å². The molecule has 0 spiro atoms. The van der Waals surface area contributed by atoms with Crippen LogP contribution >= 0.6 is 0 Å². The highest BCUT2D eigenvalue weighted by Crippen LogP contribution is 2.17. The number of nitriles is 1. The van der Waals surface area contributed by atoms with Crippen molar-refractivity contribution in [3.63, 3.8) is 0 Å². The molecule has 0 bridgehead atoms. The van der Waals surface area contributed by atoms with E-state index < -0.39 is 0 Å². The van der Waals surface area contributed by atoms with E-state index in [0.29, 0.717) is 17.8 Å². The molecule has 2 aromatic rings. The Hall–Kier alpha value is -3.13. The fourth-order valence-corrected chi connectivity index (χ4v) is 2.36. The first-order valence-corrected chi connectivity index (χ1v) is 7.70. The third-order valence-corrected chi connectivity index (χ3v) is 3.54. The minimum absolute atomic E-state index is 0.234. The first kappa shape index (κ1) is 17.2. The lowest BCUT2D eigenvalue weighted by atomic mass is 10.2. The molecule has 122 valence electrons. The Balaban J connectivity index is 2.01. The fraction of sp³-hybridized carbons (Fsp3) is 0.211. The Kier molecular flexibility index (Phi) is 5.69. The molecule has 2 amide bonds. The van der Waals surface area contributed by atoms with Crippen LogP contribution in [0.4, 0.5) is 11.4 Å². The van der Waals surface area contributed by atoms with E-state index in [0.717, 1.165) is 11.3 Å². The van der Waals surface area contributed by atoms with Crippen molar-refractivity contribution in [1.82, 2.24) is 0 Å². The summed E-state index contributed by atoms with van der Waals surface area (Å²) < 4.78 is 0. The lowest BCUT2D eigenvalue weighted by molar-refractivity contribution is -0.125.